The topological polar surface area (TPSA) is 77.0 Å². The highest BCUT2D eigenvalue weighted by atomic mass is 15.2. The number of hydrogen-bond donors (Lipinski definition) is 3. The standard InChI is InChI=1S/C14H24N4/c1-9-3-5-11(6-4-9)13(18-16)12-10(2)7-8-17-14(12)15/h7-9,11,13,18H,3-6,16H2,1-2H3,(H2,15,17). The molecule has 4 heteroatoms. The van der Waals surface area contributed by atoms with Crippen LogP contribution in [0.4, 0.5) is 5.82 Å². The van der Waals surface area contributed by atoms with Crippen molar-refractivity contribution in [1.82, 2.24) is 10.4 Å². The Kier molecular flexibility index (Phi) is 4.19. The number of nitrogens with two attached hydrogens (primary N) is 2. The number of nitrogen functional groups attached to an aromatic ring is 1. The Morgan fingerprint density at radius 1 is 1.33 bits per heavy atom. The van der Waals surface area contributed by atoms with E-state index < -0.39 is 0 Å². The fourth-order valence-electron chi connectivity index (χ4n) is 3.07. The van der Waals surface area contributed by atoms with E-state index in [2.05, 4.69) is 24.3 Å². The van der Waals surface area contributed by atoms with Gasteiger partial charge in [0.2, 0.25) is 0 Å². The largest absolute Gasteiger partial charge is 0.383 e. The lowest BCUT2D eigenvalue weighted by Crippen LogP contribution is -2.36. The Labute approximate surface area is 109 Å². The van der Waals surface area contributed by atoms with Crippen LogP contribution in [0.2, 0.25) is 0 Å². The summed E-state index contributed by atoms with van der Waals surface area (Å²) in [5.74, 6) is 7.79. The fourth-order valence-corrected chi connectivity index (χ4v) is 3.07. The molecule has 1 aliphatic rings. The quantitative estimate of drug-likeness (QED) is 0.566. The number of pyridine rings is 1. The van der Waals surface area contributed by atoms with E-state index in [1.54, 1.807) is 6.20 Å². The number of nitrogens with zero attached hydrogens (tertiary/aromatic N) is 1. The molecule has 0 bridgehead atoms. The molecule has 0 aromatic carbocycles. The highest BCUT2D eigenvalue weighted by Gasteiger charge is 2.28. The zero-order chi connectivity index (χ0) is 13.1. The molecule has 0 radical (unpaired) electrons. The first-order valence-electron chi connectivity index (χ1n) is 6.80. The molecule has 1 heterocycles. The average Bonchev–Trinajstić information content (AvgIpc) is 2.35. The summed E-state index contributed by atoms with van der Waals surface area (Å²) >= 11 is 0. The fraction of sp³-hybridized carbons (Fsp3) is 0.643. The van der Waals surface area contributed by atoms with Crippen LogP contribution in [0.1, 0.15) is 49.8 Å². The summed E-state index contributed by atoms with van der Waals surface area (Å²) in [4.78, 5) is 4.20. The molecule has 2 rings (SSSR count). The first-order valence-corrected chi connectivity index (χ1v) is 6.80. The Morgan fingerprint density at radius 2 is 2.00 bits per heavy atom. The lowest BCUT2D eigenvalue weighted by atomic mass is 9.77. The van der Waals surface area contributed by atoms with E-state index in [0.29, 0.717) is 11.7 Å². The van der Waals surface area contributed by atoms with Crippen molar-refractivity contribution in [2.45, 2.75) is 45.6 Å². The number of hydrogen-bond acceptors (Lipinski definition) is 4. The Balaban J connectivity index is 2.23. The van der Waals surface area contributed by atoms with E-state index in [4.69, 9.17) is 11.6 Å². The highest BCUT2D eigenvalue weighted by Crippen LogP contribution is 2.38. The number of aryl methyl sites for hydroxylation is 1. The van der Waals surface area contributed by atoms with Crippen LogP contribution < -0.4 is 17.0 Å². The summed E-state index contributed by atoms with van der Waals surface area (Å²) in [6.45, 7) is 4.40. The SMILES string of the molecule is Cc1ccnc(N)c1C(NN)C1CCC(C)CC1. The van der Waals surface area contributed by atoms with E-state index in [1.165, 1.54) is 31.2 Å². The van der Waals surface area contributed by atoms with E-state index in [9.17, 15) is 0 Å². The molecule has 1 atom stereocenters. The minimum atomic E-state index is 0.131. The molecule has 0 spiro atoms. The molecule has 0 aliphatic heterocycles. The van der Waals surface area contributed by atoms with Crippen molar-refractivity contribution >= 4 is 5.82 Å². The van der Waals surface area contributed by atoms with Crippen molar-refractivity contribution in [3.63, 3.8) is 0 Å². The third kappa shape index (κ3) is 2.65. The van der Waals surface area contributed by atoms with Gasteiger partial charge in [-0.25, -0.2) is 4.98 Å². The Morgan fingerprint density at radius 3 is 2.56 bits per heavy atom. The summed E-state index contributed by atoms with van der Waals surface area (Å²) in [5.41, 5.74) is 11.2. The zero-order valence-corrected chi connectivity index (χ0v) is 11.3. The highest BCUT2D eigenvalue weighted by molar-refractivity contribution is 5.46. The molecule has 100 valence electrons. The second kappa shape index (κ2) is 5.67. The number of rotatable bonds is 3. The van der Waals surface area contributed by atoms with Crippen LogP contribution in [0.5, 0.6) is 0 Å². The van der Waals surface area contributed by atoms with Crippen molar-refractivity contribution < 1.29 is 0 Å². The van der Waals surface area contributed by atoms with Crippen LogP contribution in [0, 0.1) is 18.8 Å². The predicted octanol–water partition coefficient (Wildman–Crippen LogP) is 2.30. The van der Waals surface area contributed by atoms with E-state index in [0.717, 1.165) is 11.5 Å². The molecule has 1 aromatic rings. The summed E-state index contributed by atoms with van der Waals surface area (Å²) < 4.78 is 0. The van der Waals surface area contributed by atoms with Crippen LogP contribution in [-0.2, 0) is 0 Å². The van der Waals surface area contributed by atoms with Gasteiger partial charge in [0.25, 0.3) is 0 Å². The maximum Gasteiger partial charge on any atom is 0.128 e. The van der Waals surface area contributed by atoms with Crippen molar-refractivity contribution in [1.29, 1.82) is 0 Å². The summed E-state index contributed by atoms with van der Waals surface area (Å²) in [7, 11) is 0. The third-order valence-electron chi connectivity index (χ3n) is 4.26. The minimum absolute atomic E-state index is 0.131. The Hall–Kier alpha value is -1.13. The van der Waals surface area contributed by atoms with Gasteiger partial charge in [-0.2, -0.15) is 0 Å². The summed E-state index contributed by atoms with van der Waals surface area (Å²) in [6.07, 6.45) is 6.74. The number of hydrazine groups is 1. The predicted molar refractivity (Wildman–Crippen MR) is 74.6 cm³/mol. The van der Waals surface area contributed by atoms with Gasteiger partial charge in [0.05, 0.1) is 6.04 Å². The minimum Gasteiger partial charge on any atom is -0.383 e. The molecular weight excluding hydrogens is 224 g/mol. The molecular formula is C14H24N4. The molecule has 0 amide bonds. The van der Waals surface area contributed by atoms with E-state index >= 15 is 0 Å². The van der Waals surface area contributed by atoms with Gasteiger partial charge < -0.3 is 5.73 Å². The normalized spacial score (nSPS) is 25.9. The van der Waals surface area contributed by atoms with Gasteiger partial charge in [0, 0.05) is 11.8 Å². The molecule has 1 aliphatic carbocycles. The van der Waals surface area contributed by atoms with Crippen molar-refractivity contribution in [2.75, 3.05) is 5.73 Å². The monoisotopic (exact) mass is 248 g/mol. The maximum atomic E-state index is 6.03. The van der Waals surface area contributed by atoms with Crippen molar-refractivity contribution in [3.8, 4) is 0 Å². The average molecular weight is 248 g/mol. The first-order chi connectivity index (χ1) is 8.63. The van der Waals surface area contributed by atoms with Crippen LogP contribution in [0.25, 0.3) is 0 Å². The maximum absolute atomic E-state index is 6.03. The number of nitrogens with one attached hydrogen (secondary N) is 1. The van der Waals surface area contributed by atoms with Crippen LogP contribution in [0.15, 0.2) is 12.3 Å². The second-order valence-corrected chi connectivity index (χ2v) is 5.59. The molecule has 18 heavy (non-hydrogen) atoms. The van der Waals surface area contributed by atoms with Gasteiger partial charge in [-0.15, -0.1) is 0 Å². The van der Waals surface area contributed by atoms with Gasteiger partial charge in [-0.1, -0.05) is 19.8 Å². The third-order valence-corrected chi connectivity index (χ3v) is 4.26. The van der Waals surface area contributed by atoms with Gasteiger partial charge in [0.1, 0.15) is 5.82 Å². The zero-order valence-electron chi connectivity index (χ0n) is 11.3. The van der Waals surface area contributed by atoms with Gasteiger partial charge in [-0.3, -0.25) is 11.3 Å². The second-order valence-electron chi connectivity index (χ2n) is 5.59. The van der Waals surface area contributed by atoms with Gasteiger partial charge >= 0.3 is 0 Å². The van der Waals surface area contributed by atoms with Crippen molar-refractivity contribution in [3.05, 3.63) is 23.4 Å². The van der Waals surface area contributed by atoms with Crippen molar-refractivity contribution in [2.24, 2.45) is 17.7 Å². The lowest BCUT2D eigenvalue weighted by Gasteiger charge is -2.33. The lowest BCUT2D eigenvalue weighted by molar-refractivity contribution is 0.232. The number of aromatic nitrogens is 1. The number of anilines is 1. The van der Waals surface area contributed by atoms with Crippen LogP contribution in [-0.4, -0.2) is 4.98 Å². The molecule has 1 saturated carbocycles. The van der Waals surface area contributed by atoms with Gasteiger partial charge in [0.15, 0.2) is 0 Å². The van der Waals surface area contributed by atoms with E-state index in [-0.39, 0.29) is 6.04 Å². The molecule has 1 fully saturated rings. The summed E-state index contributed by atoms with van der Waals surface area (Å²) in [5, 5.41) is 0. The molecule has 5 N–H and O–H groups in total. The van der Waals surface area contributed by atoms with E-state index in [1.807, 2.05) is 6.07 Å². The Bertz CT molecular complexity index is 377. The molecule has 1 aromatic heterocycles. The molecule has 0 saturated heterocycles. The van der Waals surface area contributed by atoms with Gasteiger partial charge in [-0.05, 0) is 43.2 Å². The van der Waals surface area contributed by atoms with Crippen LogP contribution in [0.3, 0.4) is 0 Å². The molecule has 1 unspecified atom stereocenters. The smallest absolute Gasteiger partial charge is 0.128 e. The summed E-state index contributed by atoms with van der Waals surface area (Å²) in [6, 6.07) is 2.13. The first kappa shape index (κ1) is 13.3. The molecule has 4 nitrogen and oxygen atoms in total. The van der Waals surface area contributed by atoms with Crippen LogP contribution >= 0.6 is 0 Å².